The molecule has 0 bridgehead atoms. The summed E-state index contributed by atoms with van der Waals surface area (Å²) in [6, 6.07) is 25.8. The molecule has 4 aromatic rings. The number of nitrogens with one attached hydrogen (secondary N) is 8. The smallest absolute Gasteiger partial charge is 0.240 e. The third kappa shape index (κ3) is 54.5. The van der Waals surface area contributed by atoms with Gasteiger partial charge in [0.2, 0.25) is 94.5 Å². The van der Waals surface area contributed by atoms with Crippen LogP contribution in [0.25, 0.3) is 0 Å². The average Bonchev–Trinajstić information content (AvgIpc) is 0.867. The number of unbranched alkanes of at least 4 members (excludes halogenated alkanes) is 4. The summed E-state index contributed by atoms with van der Waals surface area (Å²) in [5, 5.41) is 39.0. The minimum Gasteiger partial charge on any atom is -0.396 e. The predicted octanol–water partition coefficient (Wildman–Crippen LogP) is -4.44. The average molecular weight is 1990 g/mol. The van der Waals surface area contributed by atoms with Crippen LogP contribution in [0.4, 0.5) is 0 Å². The van der Waals surface area contributed by atoms with Crippen molar-refractivity contribution >= 4 is 118 Å². The first-order valence-corrected chi connectivity index (χ1v) is 47.5. The zero-order valence-electron chi connectivity index (χ0n) is 81.5. The Morgan fingerprint density at radius 2 is 0.528 bits per heavy atom. The van der Waals surface area contributed by atoms with Gasteiger partial charge in [-0.05, 0) is 138 Å². The van der Waals surface area contributed by atoms with E-state index in [0.717, 1.165) is 22.3 Å². The number of Topliss-reactive ketones (excluding diaryl/α,β-unsaturated/α-hetero) is 4. The fourth-order valence-electron chi connectivity index (χ4n) is 14.5. The summed E-state index contributed by atoms with van der Waals surface area (Å²) in [5.74, 6) is -16.8. The SMILES string of the molecule is CCC[C@H](N)C(=O)N[C@@H](Cc1ccccc1)C(=O)C[C@@H](CCCCN)C(=O)N[C@@H](CC(N)=O)C(N)=O.CC[C@@H](CO)C(=O)N[C@@H](Cc1ccccc1)C(=O)C[C@@H](CCCCN)C(=O)N[C@@H](CC(N)=O)C(N)=O.COC[C@H](N)C(=O)N[C@@H](Cc1ccccc1)C(=O)C[C@@H](CCCCN)C(=O)N[C@@H](CC(N)=O)C(N)=O.NCCCC[C@H](CC(=O)[C@H](Cc1ccccc1)NC(=O)CCO)C(=O)N[C@@H](CC(N)=O)C(N)=O. The summed E-state index contributed by atoms with van der Waals surface area (Å²) in [4.78, 5) is 247. The number of hydrogen-bond donors (Lipinski definition) is 24. The number of methoxy groups -OCH3 is 1. The highest BCUT2D eigenvalue weighted by atomic mass is 16.5. The molecule has 0 saturated heterocycles. The van der Waals surface area contributed by atoms with E-state index < -0.39 is 216 Å². The fraction of sp³-hybridized carbons (Fsp3) is 0.546. The topological polar surface area (TPSA) is 852 Å². The van der Waals surface area contributed by atoms with Crippen LogP contribution in [0.3, 0.4) is 0 Å². The first-order valence-electron chi connectivity index (χ1n) is 47.5. The van der Waals surface area contributed by atoms with Gasteiger partial charge in [-0.15, -0.1) is 0 Å². The van der Waals surface area contributed by atoms with Crippen LogP contribution < -0.4 is 123 Å². The summed E-state index contributed by atoms with van der Waals surface area (Å²) in [6.45, 7) is 4.53. The summed E-state index contributed by atoms with van der Waals surface area (Å²) < 4.78 is 4.92. The Morgan fingerprint density at radius 1 is 0.296 bits per heavy atom. The zero-order chi connectivity index (χ0) is 107. The molecule has 45 nitrogen and oxygen atoms in total. The number of amides is 16. The molecule has 38 N–H and O–H groups in total. The van der Waals surface area contributed by atoms with Crippen molar-refractivity contribution in [3.8, 4) is 0 Å². The first kappa shape index (κ1) is 127. The van der Waals surface area contributed by atoms with E-state index in [9.17, 15) is 101 Å². The van der Waals surface area contributed by atoms with Crippen LogP contribution in [0, 0.1) is 29.6 Å². The molecular weight excluding hydrogens is 1840 g/mol. The second-order valence-corrected chi connectivity index (χ2v) is 34.4. The summed E-state index contributed by atoms with van der Waals surface area (Å²) in [5.41, 5.74) is 78.9. The molecule has 45 heteroatoms. The van der Waals surface area contributed by atoms with Gasteiger partial charge in [0, 0.05) is 62.9 Å². The van der Waals surface area contributed by atoms with Crippen molar-refractivity contribution in [1.82, 2.24) is 42.5 Å². The van der Waals surface area contributed by atoms with E-state index in [0.29, 0.717) is 122 Å². The molecule has 788 valence electrons. The lowest BCUT2D eigenvalue weighted by Crippen LogP contribution is -2.52. The Bertz CT molecular complexity index is 4460. The van der Waals surface area contributed by atoms with Crippen molar-refractivity contribution in [2.45, 2.75) is 254 Å². The molecule has 0 aliphatic carbocycles. The lowest BCUT2D eigenvalue weighted by molar-refractivity contribution is -0.135. The second kappa shape index (κ2) is 72.9. The summed E-state index contributed by atoms with van der Waals surface area (Å²) in [7, 11) is 1.40. The number of hydrogen-bond acceptors (Lipinski definition) is 29. The summed E-state index contributed by atoms with van der Waals surface area (Å²) in [6.07, 6.45) is 5.50. The van der Waals surface area contributed by atoms with E-state index in [-0.39, 0.29) is 95.0 Å². The molecule has 0 unspecified atom stereocenters. The van der Waals surface area contributed by atoms with Gasteiger partial charge in [0.25, 0.3) is 0 Å². The Kier molecular flexibility index (Phi) is 65.1. The zero-order valence-corrected chi connectivity index (χ0v) is 81.5. The minimum atomic E-state index is -1.30. The van der Waals surface area contributed by atoms with Crippen LogP contribution >= 0.6 is 0 Å². The number of benzene rings is 4. The monoisotopic (exact) mass is 1990 g/mol. The minimum absolute atomic E-state index is 0.0312. The molecule has 15 atom stereocenters. The van der Waals surface area contributed by atoms with Gasteiger partial charge in [0.05, 0.1) is 81.6 Å². The second-order valence-electron chi connectivity index (χ2n) is 34.4. The molecule has 0 aliphatic rings. The van der Waals surface area contributed by atoms with Gasteiger partial charge < -0.3 is 138 Å². The van der Waals surface area contributed by atoms with Crippen molar-refractivity contribution in [3.05, 3.63) is 144 Å². The van der Waals surface area contributed by atoms with E-state index in [1.165, 1.54) is 7.11 Å². The van der Waals surface area contributed by atoms with Crippen LogP contribution in [0.1, 0.15) is 190 Å². The number of aliphatic hydroxyl groups excluding tert-OH is 2. The maximum absolute atomic E-state index is 13.4. The number of carbonyl (C=O) groups excluding carboxylic acids is 20. The maximum Gasteiger partial charge on any atom is 0.240 e. The Morgan fingerprint density at radius 3 is 0.739 bits per heavy atom. The van der Waals surface area contributed by atoms with Crippen molar-refractivity contribution in [2.75, 3.05) is 53.1 Å². The normalized spacial score (nSPS) is 14.0. The Hall–Kier alpha value is -13.3. The Balaban J connectivity index is 0.000000947. The number of nitrogens with two attached hydrogens (primary N) is 14. The van der Waals surface area contributed by atoms with Crippen LogP contribution in [-0.4, -0.2) is 241 Å². The number of aliphatic hydroxyl groups is 2. The van der Waals surface area contributed by atoms with Crippen LogP contribution in [0.5, 0.6) is 0 Å². The third-order valence-corrected chi connectivity index (χ3v) is 22.6. The van der Waals surface area contributed by atoms with Crippen molar-refractivity contribution in [1.29, 1.82) is 0 Å². The molecule has 0 heterocycles. The quantitative estimate of drug-likeness (QED) is 0.0185. The fourth-order valence-corrected chi connectivity index (χ4v) is 14.5. The highest BCUT2D eigenvalue weighted by Crippen LogP contribution is 2.24. The molecule has 16 amide bonds. The highest BCUT2D eigenvalue weighted by molar-refractivity contribution is 6.00. The summed E-state index contributed by atoms with van der Waals surface area (Å²) >= 11 is 0. The number of primary amides is 8. The largest absolute Gasteiger partial charge is 0.396 e. The van der Waals surface area contributed by atoms with E-state index >= 15 is 0 Å². The number of rotatable bonds is 71. The molecule has 0 fully saturated rings. The van der Waals surface area contributed by atoms with Crippen molar-refractivity contribution in [3.63, 3.8) is 0 Å². The van der Waals surface area contributed by atoms with Crippen molar-refractivity contribution in [2.24, 2.45) is 110 Å². The van der Waals surface area contributed by atoms with Gasteiger partial charge >= 0.3 is 0 Å². The molecule has 0 saturated carbocycles. The third-order valence-electron chi connectivity index (χ3n) is 22.6. The molecular formula is C97H152N22O23. The highest BCUT2D eigenvalue weighted by Gasteiger charge is 2.37. The first-order chi connectivity index (χ1) is 67.5. The van der Waals surface area contributed by atoms with Gasteiger partial charge in [0.15, 0.2) is 23.1 Å². The van der Waals surface area contributed by atoms with Gasteiger partial charge in [-0.3, -0.25) is 95.9 Å². The van der Waals surface area contributed by atoms with Gasteiger partial charge in [-0.1, -0.05) is 167 Å². The molecule has 142 heavy (non-hydrogen) atoms. The predicted molar refractivity (Wildman–Crippen MR) is 527 cm³/mol. The van der Waals surface area contributed by atoms with E-state index in [2.05, 4.69) is 42.5 Å². The molecule has 4 rings (SSSR count). The lowest BCUT2D eigenvalue weighted by Gasteiger charge is -2.24. The lowest BCUT2D eigenvalue weighted by atomic mass is 9.90. The molecule has 0 radical (unpaired) electrons. The Labute approximate surface area is 827 Å². The van der Waals surface area contributed by atoms with Crippen LogP contribution in [0.15, 0.2) is 121 Å². The van der Waals surface area contributed by atoms with Gasteiger partial charge in [-0.2, -0.15) is 0 Å². The van der Waals surface area contributed by atoms with Gasteiger partial charge in [-0.25, -0.2) is 0 Å². The van der Waals surface area contributed by atoms with Crippen LogP contribution in [-0.2, 0) is 126 Å². The van der Waals surface area contributed by atoms with Crippen LogP contribution in [0.2, 0.25) is 0 Å². The molecule has 0 aromatic heterocycles. The molecule has 0 aliphatic heterocycles. The molecule has 0 spiro atoms. The van der Waals surface area contributed by atoms with Crippen molar-refractivity contribution < 1.29 is 111 Å². The number of ketones is 4. The van der Waals surface area contributed by atoms with Gasteiger partial charge in [0.1, 0.15) is 30.2 Å². The number of carbonyl (C=O) groups is 20. The maximum atomic E-state index is 13.4. The number of ether oxygens (including phenoxy) is 1. The molecule has 4 aromatic carbocycles. The van der Waals surface area contributed by atoms with E-state index in [1.807, 2.05) is 104 Å². The standard InChI is InChI=1S/C25H40N6O5.C25H39N5O6.C24H38N6O6.C23H35N5O6/c1-2-8-18(27)25(36)30-19(13-16-9-4-3-5-10-16)21(32)14-17(11-6-7-12-26)24(35)31-20(23(29)34)15-22(28)33;1-2-17(15-31)24(35)29-19(12-16-8-4-3-5-9-16)21(32)13-18(10-6-7-11-26)25(36)30-20(23(28)34)14-22(27)33;1-36-14-17(26)24(35)29-18(11-15-7-3-2-4-8-15)20(31)12-16(9-5-6-10-25)23(34)30-19(22(28)33)13-21(27)32;24-10-5-4-8-16(23(34)28-18(22(26)33)14-20(25)31)13-19(30)17(27-21(32)9-11-29)12-15-6-2-1-3-7-15/h3-5,9-10,17-20H,2,6-8,11-15,26-27H2,1H3,(H2,28,33)(H2,29,34)(H,30,36)(H,31,35);3-5,8-9,17-20,31H,2,6-7,10-15,26H2,1H3,(H2,27,33)(H2,28,34)(H,29,35)(H,30,36);2-4,7-8,16-19H,5-6,9-14,25-26H2,1H3,(H2,27,32)(H2,28,33)(H,29,35)(H,30,34);1-3,6-7,16-18,29H,4-5,8-14,24H2,(H2,25,31)(H2,26,33)(H,27,32)(H,28,34)/t17-,18+,19+,20+;17-,18+,19-,20-;16-,17+,18+,19+;16-,17+,18+/m1011/s1. The van der Waals surface area contributed by atoms with E-state index in [1.54, 1.807) is 31.2 Å². The van der Waals surface area contributed by atoms with E-state index in [4.69, 9.17) is 90.1 Å².